The average Bonchev–Trinajstić information content (AvgIpc) is 2.38. The van der Waals surface area contributed by atoms with Crippen molar-refractivity contribution in [3.05, 3.63) is 54.6 Å². The van der Waals surface area contributed by atoms with E-state index in [1.165, 1.54) is 5.56 Å². The van der Waals surface area contributed by atoms with Crippen molar-refractivity contribution in [2.75, 3.05) is 6.61 Å². The second-order valence-electron chi connectivity index (χ2n) is 3.71. The second kappa shape index (κ2) is 5.36. The van der Waals surface area contributed by atoms with Crippen LogP contribution in [0.3, 0.4) is 0 Å². The summed E-state index contributed by atoms with van der Waals surface area (Å²) in [4.78, 5) is 0. The van der Waals surface area contributed by atoms with Crippen molar-refractivity contribution in [1.82, 2.24) is 0 Å². The van der Waals surface area contributed by atoms with Gasteiger partial charge < -0.3 is 4.74 Å². The molecule has 0 spiro atoms. The predicted octanol–water partition coefficient (Wildman–Crippen LogP) is 4.14. The maximum Gasteiger partial charge on any atom is 0.127 e. The van der Waals surface area contributed by atoms with Crippen molar-refractivity contribution in [1.29, 1.82) is 0 Å². The molecule has 1 heteroatoms. The lowest BCUT2D eigenvalue weighted by atomic mass is 10.1. The Morgan fingerprint density at radius 2 is 1.56 bits per heavy atom. The Kier molecular flexibility index (Phi) is 3.60. The fraction of sp³-hybridized carbons (Fsp3) is 0.200. The van der Waals surface area contributed by atoms with Gasteiger partial charge in [-0.05, 0) is 18.1 Å². The molecule has 0 atom stereocenters. The molecule has 0 amide bonds. The summed E-state index contributed by atoms with van der Waals surface area (Å²) < 4.78 is 5.74. The first-order valence-electron chi connectivity index (χ1n) is 5.69. The lowest BCUT2D eigenvalue weighted by Crippen LogP contribution is -1.96. The minimum Gasteiger partial charge on any atom is -0.493 e. The quantitative estimate of drug-likeness (QED) is 0.740. The Hall–Kier alpha value is -1.76. The fourth-order valence-corrected chi connectivity index (χ4v) is 1.66. The summed E-state index contributed by atoms with van der Waals surface area (Å²) in [7, 11) is 0. The van der Waals surface area contributed by atoms with Gasteiger partial charge in [0.1, 0.15) is 5.75 Å². The highest BCUT2D eigenvalue weighted by molar-refractivity contribution is 5.70. The molecule has 0 fully saturated rings. The standard InChI is InChI=1S/C15H16O/c1-2-12-16-15-11-7-6-10-14(15)13-8-4-3-5-9-13/h3-11H,2,12H2,1H3. The molecule has 0 saturated carbocycles. The Bertz CT molecular complexity index is 434. The second-order valence-corrected chi connectivity index (χ2v) is 3.71. The zero-order valence-electron chi connectivity index (χ0n) is 9.52. The van der Waals surface area contributed by atoms with Crippen molar-refractivity contribution in [2.45, 2.75) is 13.3 Å². The van der Waals surface area contributed by atoms with Crippen LogP contribution in [0.1, 0.15) is 13.3 Å². The molecule has 0 bridgehead atoms. The first-order chi connectivity index (χ1) is 7.92. The average molecular weight is 212 g/mol. The van der Waals surface area contributed by atoms with Crippen LogP contribution in [-0.2, 0) is 0 Å². The molecule has 82 valence electrons. The molecule has 16 heavy (non-hydrogen) atoms. The van der Waals surface area contributed by atoms with Crippen molar-refractivity contribution in [2.24, 2.45) is 0 Å². The monoisotopic (exact) mass is 212 g/mol. The first kappa shape index (κ1) is 10.7. The molecule has 0 aliphatic heterocycles. The van der Waals surface area contributed by atoms with Crippen LogP contribution >= 0.6 is 0 Å². The highest BCUT2D eigenvalue weighted by Gasteiger charge is 2.03. The van der Waals surface area contributed by atoms with E-state index in [-0.39, 0.29) is 0 Å². The highest BCUT2D eigenvalue weighted by atomic mass is 16.5. The molecular weight excluding hydrogens is 196 g/mol. The topological polar surface area (TPSA) is 9.23 Å². The third-order valence-electron chi connectivity index (χ3n) is 2.43. The van der Waals surface area contributed by atoms with Crippen LogP contribution in [0.5, 0.6) is 5.75 Å². The zero-order chi connectivity index (χ0) is 11.2. The van der Waals surface area contributed by atoms with Crippen LogP contribution in [0.25, 0.3) is 11.1 Å². The SMILES string of the molecule is CCCOc1ccccc1-c1ccccc1. The van der Waals surface area contributed by atoms with E-state index in [4.69, 9.17) is 4.74 Å². The molecule has 0 aromatic heterocycles. The van der Waals surface area contributed by atoms with Crippen LogP contribution in [0.15, 0.2) is 54.6 Å². The van der Waals surface area contributed by atoms with Gasteiger partial charge in [0, 0.05) is 5.56 Å². The molecule has 0 radical (unpaired) electrons. The lowest BCUT2D eigenvalue weighted by Gasteiger charge is -2.10. The molecule has 0 heterocycles. The molecule has 2 rings (SSSR count). The smallest absolute Gasteiger partial charge is 0.127 e. The van der Waals surface area contributed by atoms with Gasteiger partial charge in [-0.15, -0.1) is 0 Å². The van der Waals surface area contributed by atoms with Crippen LogP contribution in [0.2, 0.25) is 0 Å². The Balaban J connectivity index is 2.33. The lowest BCUT2D eigenvalue weighted by molar-refractivity contribution is 0.318. The van der Waals surface area contributed by atoms with Crippen LogP contribution < -0.4 is 4.74 Å². The summed E-state index contributed by atoms with van der Waals surface area (Å²) in [5, 5.41) is 0. The number of rotatable bonds is 4. The number of hydrogen-bond acceptors (Lipinski definition) is 1. The zero-order valence-corrected chi connectivity index (χ0v) is 9.52. The molecule has 0 unspecified atom stereocenters. The normalized spacial score (nSPS) is 10.1. The Morgan fingerprint density at radius 3 is 2.31 bits per heavy atom. The summed E-state index contributed by atoms with van der Waals surface area (Å²) >= 11 is 0. The van der Waals surface area contributed by atoms with Gasteiger partial charge in [-0.3, -0.25) is 0 Å². The predicted molar refractivity (Wildman–Crippen MR) is 67.7 cm³/mol. The van der Waals surface area contributed by atoms with Crippen molar-refractivity contribution in [3.8, 4) is 16.9 Å². The summed E-state index contributed by atoms with van der Waals surface area (Å²) in [6, 6.07) is 18.5. The largest absolute Gasteiger partial charge is 0.493 e. The van der Waals surface area contributed by atoms with Crippen LogP contribution in [0.4, 0.5) is 0 Å². The Labute approximate surface area is 96.7 Å². The summed E-state index contributed by atoms with van der Waals surface area (Å²) in [5.41, 5.74) is 2.37. The number of para-hydroxylation sites is 1. The van der Waals surface area contributed by atoms with Crippen LogP contribution in [-0.4, -0.2) is 6.61 Å². The van der Waals surface area contributed by atoms with Crippen molar-refractivity contribution >= 4 is 0 Å². The van der Waals surface area contributed by atoms with Gasteiger partial charge in [-0.25, -0.2) is 0 Å². The third-order valence-corrected chi connectivity index (χ3v) is 2.43. The highest BCUT2D eigenvalue weighted by Crippen LogP contribution is 2.29. The molecule has 0 aliphatic rings. The van der Waals surface area contributed by atoms with Gasteiger partial charge in [0.05, 0.1) is 6.61 Å². The summed E-state index contributed by atoms with van der Waals surface area (Å²) in [6.45, 7) is 2.88. The van der Waals surface area contributed by atoms with E-state index in [0.717, 1.165) is 24.3 Å². The van der Waals surface area contributed by atoms with E-state index in [9.17, 15) is 0 Å². The number of ether oxygens (including phenoxy) is 1. The van der Waals surface area contributed by atoms with Crippen molar-refractivity contribution in [3.63, 3.8) is 0 Å². The minimum absolute atomic E-state index is 0.768. The van der Waals surface area contributed by atoms with E-state index < -0.39 is 0 Å². The van der Waals surface area contributed by atoms with E-state index in [1.807, 2.05) is 36.4 Å². The maximum absolute atomic E-state index is 5.74. The van der Waals surface area contributed by atoms with E-state index >= 15 is 0 Å². The van der Waals surface area contributed by atoms with Gasteiger partial charge in [0.25, 0.3) is 0 Å². The molecule has 0 saturated heterocycles. The fourth-order valence-electron chi connectivity index (χ4n) is 1.66. The third kappa shape index (κ3) is 2.43. The van der Waals surface area contributed by atoms with Gasteiger partial charge in [-0.1, -0.05) is 55.5 Å². The molecule has 0 N–H and O–H groups in total. The van der Waals surface area contributed by atoms with E-state index in [1.54, 1.807) is 0 Å². The van der Waals surface area contributed by atoms with Crippen LogP contribution in [0, 0.1) is 0 Å². The van der Waals surface area contributed by atoms with Gasteiger partial charge >= 0.3 is 0 Å². The molecule has 0 aliphatic carbocycles. The van der Waals surface area contributed by atoms with Gasteiger partial charge in [0.15, 0.2) is 0 Å². The number of benzene rings is 2. The summed E-state index contributed by atoms with van der Waals surface area (Å²) in [6.07, 6.45) is 1.03. The Morgan fingerprint density at radius 1 is 0.875 bits per heavy atom. The van der Waals surface area contributed by atoms with Gasteiger partial charge in [0.2, 0.25) is 0 Å². The molecule has 1 nitrogen and oxygen atoms in total. The molecule has 2 aromatic rings. The minimum atomic E-state index is 0.768. The van der Waals surface area contributed by atoms with E-state index in [0.29, 0.717) is 0 Å². The van der Waals surface area contributed by atoms with Crippen molar-refractivity contribution < 1.29 is 4.74 Å². The molecule has 2 aromatic carbocycles. The summed E-state index contributed by atoms with van der Waals surface area (Å²) in [5.74, 6) is 0.968. The first-order valence-corrected chi connectivity index (χ1v) is 5.69. The maximum atomic E-state index is 5.74. The molecular formula is C15H16O. The van der Waals surface area contributed by atoms with Gasteiger partial charge in [-0.2, -0.15) is 0 Å². The van der Waals surface area contributed by atoms with E-state index in [2.05, 4.69) is 25.1 Å². The number of hydrogen-bond donors (Lipinski definition) is 0.